The Hall–Kier alpha value is -3.62. The maximum atomic E-state index is 6.49. The van der Waals surface area contributed by atoms with Crippen LogP contribution in [0, 0.1) is 0 Å². The summed E-state index contributed by atoms with van der Waals surface area (Å²) in [7, 11) is 0. The molecule has 1 N–H and O–H groups in total. The minimum absolute atomic E-state index is 0.146. The van der Waals surface area contributed by atoms with E-state index >= 15 is 0 Å². The van der Waals surface area contributed by atoms with Crippen LogP contribution in [0.1, 0.15) is 17.2 Å². The molecule has 1 heterocycles. The van der Waals surface area contributed by atoms with E-state index in [-0.39, 0.29) is 6.04 Å². The van der Waals surface area contributed by atoms with Crippen LogP contribution in [0.15, 0.2) is 125 Å². The second kappa shape index (κ2) is 8.63. The van der Waals surface area contributed by atoms with Crippen molar-refractivity contribution in [2.24, 2.45) is 4.99 Å². The lowest BCUT2D eigenvalue weighted by atomic mass is 9.98. The monoisotopic (exact) mass is 420 g/mol. The van der Waals surface area contributed by atoms with Gasteiger partial charge < -0.3 is 5.32 Å². The molecule has 0 saturated carbocycles. The molecule has 150 valence electrons. The molecule has 0 aliphatic carbocycles. The van der Waals surface area contributed by atoms with Crippen molar-refractivity contribution < 1.29 is 0 Å². The van der Waals surface area contributed by atoms with Crippen molar-refractivity contribution in [2.75, 3.05) is 0 Å². The number of rotatable bonds is 4. The minimum Gasteiger partial charge on any atom is -0.331 e. The maximum absolute atomic E-state index is 6.49. The number of benzene rings is 4. The molecule has 0 spiro atoms. The predicted molar refractivity (Wildman–Crippen MR) is 130 cm³/mol. The summed E-state index contributed by atoms with van der Waals surface area (Å²) in [6.07, 6.45) is 1.95. The highest BCUT2D eigenvalue weighted by Gasteiger charge is 2.18. The Kier molecular flexibility index (Phi) is 5.39. The van der Waals surface area contributed by atoms with Gasteiger partial charge in [-0.3, -0.25) is 4.99 Å². The van der Waals surface area contributed by atoms with E-state index in [0.717, 1.165) is 22.5 Å². The highest BCUT2D eigenvalue weighted by Crippen LogP contribution is 2.30. The minimum atomic E-state index is -0.146. The van der Waals surface area contributed by atoms with Gasteiger partial charge in [0.1, 0.15) is 11.0 Å². The molecule has 1 aliphatic rings. The summed E-state index contributed by atoms with van der Waals surface area (Å²) in [4.78, 5) is 4.99. The molecule has 4 aromatic rings. The topological polar surface area (TPSA) is 24.4 Å². The van der Waals surface area contributed by atoms with Crippen molar-refractivity contribution in [3.63, 3.8) is 0 Å². The molecule has 0 fully saturated rings. The molecule has 0 aromatic heterocycles. The van der Waals surface area contributed by atoms with Crippen LogP contribution in [0.2, 0.25) is 0 Å². The normalized spacial score (nSPS) is 15.6. The molecule has 2 nitrogen and oxygen atoms in total. The summed E-state index contributed by atoms with van der Waals surface area (Å²) in [5, 5.41) is 3.82. The van der Waals surface area contributed by atoms with Gasteiger partial charge in [-0.2, -0.15) is 0 Å². The van der Waals surface area contributed by atoms with Gasteiger partial charge in [-0.1, -0.05) is 109 Å². The van der Waals surface area contributed by atoms with E-state index in [0.29, 0.717) is 5.16 Å². The van der Waals surface area contributed by atoms with Crippen LogP contribution >= 0.6 is 11.6 Å². The van der Waals surface area contributed by atoms with Gasteiger partial charge in [0.15, 0.2) is 0 Å². The van der Waals surface area contributed by atoms with Gasteiger partial charge in [0, 0.05) is 5.56 Å². The van der Waals surface area contributed by atoms with Crippen LogP contribution in [0.4, 0.5) is 0 Å². The molecule has 0 saturated heterocycles. The van der Waals surface area contributed by atoms with Crippen molar-refractivity contribution in [1.82, 2.24) is 5.32 Å². The number of hydrogen-bond acceptors (Lipinski definition) is 2. The summed E-state index contributed by atoms with van der Waals surface area (Å²) < 4.78 is 0. The number of nitrogens with zero attached hydrogens (tertiary/aromatic N) is 1. The lowest BCUT2D eigenvalue weighted by Gasteiger charge is -2.20. The fraction of sp³-hybridized carbons (Fsp3) is 0.0357. The lowest BCUT2D eigenvalue weighted by molar-refractivity contribution is 0.865. The van der Waals surface area contributed by atoms with Crippen LogP contribution in [-0.4, -0.2) is 5.84 Å². The van der Waals surface area contributed by atoms with Crippen molar-refractivity contribution >= 4 is 17.4 Å². The molecule has 4 aromatic carbocycles. The Bertz CT molecular complexity index is 1260. The summed E-state index contributed by atoms with van der Waals surface area (Å²) in [5.41, 5.74) is 6.80. The molecular weight excluding hydrogens is 400 g/mol. The highest BCUT2D eigenvalue weighted by molar-refractivity contribution is 6.31. The first kappa shape index (κ1) is 19.3. The van der Waals surface area contributed by atoms with E-state index in [9.17, 15) is 0 Å². The fourth-order valence-electron chi connectivity index (χ4n) is 3.83. The lowest BCUT2D eigenvalue weighted by Crippen LogP contribution is -2.26. The number of amidine groups is 1. The third-order valence-corrected chi connectivity index (χ3v) is 5.61. The second-order valence-electron chi connectivity index (χ2n) is 7.50. The van der Waals surface area contributed by atoms with Gasteiger partial charge in [-0.15, -0.1) is 0 Å². The van der Waals surface area contributed by atoms with Crippen molar-refractivity contribution in [3.05, 3.63) is 132 Å². The zero-order chi connectivity index (χ0) is 21.0. The van der Waals surface area contributed by atoms with Gasteiger partial charge in [0.25, 0.3) is 0 Å². The molecule has 31 heavy (non-hydrogen) atoms. The SMILES string of the molecule is ClC1=CC(c2cccc(-c3ccccc3)c2)N=C(c2cccc(-c3ccccc3)c2)N1. The largest absolute Gasteiger partial charge is 0.331 e. The van der Waals surface area contributed by atoms with Crippen LogP contribution in [0.25, 0.3) is 22.3 Å². The molecule has 3 heteroatoms. The Morgan fingerprint density at radius 2 is 1.13 bits per heavy atom. The second-order valence-corrected chi connectivity index (χ2v) is 7.91. The zero-order valence-corrected chi connectivity index (χ0v) is 17.6. The summed E-state index contributed by atoms with van der Waals surface area (Å²) >= 11 is 6.49. The third-order valence-electron chi connectivity index (χ3n) is 5.39. The number of halogens is 1. The van der Waals surface area contributed by atoms with Crippen molar-refractivity contribution in [2.45, 2.75) is 6.04 Å². The van der Waals surface area contributed by atoms with Crippen LogP contribution in [-0.2, 0) is 0 Å². The maximum Gasteiger partial charge on any atom is 0.134 e. The van der Waals surface area contributed by atoms with E-state index in [1.807, 2.05) is 30.3 Å². The standard InChI is InChI=1S/C28H21ClN2/c29-27-19-26(24-15-7-13-22(17-24)20-9-3-1-4-10-20)30-28(31-27)25-16-8-14-23(18-25)21-11-5-2-6-12-21/h1-19,26H,(H,30,31). The van der Waals surface area contributed by atoms with E-state index in [2.05, 4.69) is 90.2 Å². The Labute approximate surface area is 187 Å². The Morgan fingerprint density at radius 3 is 1.81 bits per heavy atom. The van der Waals surface area contributed by atoms with Gasteiger partial charge in [0.05, 0.1) is 6.04 Å². The van der Waals surface area contributed by atoms with Crippen LogP contribution < -0.4 is 5.32 Å². The van der Waals surface area contributed by atoms with Crippen LogP contribution in [0.5, 0.6) is 0 Å². The van der Waals surface area contributed by atoms with E-state index in [4.69, 9.17) is 16.6 Å². The smallest absolute Gasteiger partial charge is 0.134 e. The molecular formula is C28H21ClN2. The highest BCUT2D eigenvalue weighted by atomic mass is 35.5. The molecule has 1 unspecified atom stereocenters. The van der Waals surface area contributed by atoms with E-state index in [1.54, 1.807) is 0 Å². The summed E-state index contributed by atoms with van der Waals surface area (Å²) in [5.74, 6) is 0.778. The average Bonchev–Trinajstić information content (AvgIpc) is 2.85. The van der Waals surface area contributed by atoms with Crippen molar-refractivity contribution in [1.29, 1.82) is 0 Å². The first-order valence-electron chi connectivity index (χ1n) is 10.3. The molecule has 1 atom stereocenters. The van der Waals surface area contributed by atoms with Crippen molar-refractivity contribution in [3.8, 4) is 22.3 Å². The molecule has 5 rings (SSSR count). The van der Waals surface area contributed by atoms with Gasteiger partial charge >= 0.3 is 0 Å². The van der Waals surface area contributed by atoms with Gasteiger partial charge in [-0.05, 0) is 46.0 Å². The first-order valence-corrected chi connectivity index (χ1v) is 10.7. The summed E-state index contributed by atoms with van der Waals surface area (Å²) in [6.45, 7) is 0. The number of nitrogens with one attached hydrogen (secondary N) is 1. The van der Waals surface area contributed by atoms with Crippen LogP contribution in [0.3, 0.4) is 0 Å². The first-order chi connectivity index (χ1) is 15.3. The zero-order valence-electron chi connectivity index (χ0n) is 16.9. The average molecular weight is 421 g/mol. The molecule has 0 radical (unpaired) electrons. The van der Waals surface area contributed by atoms with Gasteiger partial charge in [0.2, 0.25) is 0 Å². The predicted octanol–water partition coefficient (Wildman–Crippen LogP) is 7.19. The van der Waals surface area contributed by atoms with E-state index in [1.165, 1.54) is 16.7 Å². The third kappa shape index (κ3) is 4.30. The summed E-state index contributed by atoms with van der Waals surface area (Å²) in [6, 6.07) is 37.4. The fourth-order valence-corrected chi connectivity index (χ4v) is 4.04. The molecule has 1 aliphatic heterocycles. The Balaban J connectivity index is 1.50. The molecule has 0 amide bonds. The number of hydrogen-bond donors (Lipinski definition) is 1. The Morgan fingerprint density at radius 1 is 0.581 bits per heavy atom. The molecule has 0 bridgehead atoms. The van der Waals surface area contributed by atoms with E-state index < -0.39 is 0 Å². The van der Waals surface area contributed by atoms with Gasteiger partial charge in [-0.25, -0.2) is 0 Å². The number of aliphatic imine (C=N–C) groups is 1. The quantitative estimate of drug-likeness (QED) is 0.347.